The maximum Gasteiger partial charge on any atom is 0.191 e. The number of nitrogens with zero attached hydrogens (tertiary/aromatic N) is 3. The minimum Gasteiger partial charge on any atom is -0.357 e. The third-order valence-electron chi connectivity index (χ3n) is 5.07. The van der Waals surface area contributed by atoms with Gasteiger partial charge in [-0.05, 0) is 33.6 Å². The van der Waals surface area contributed by atoms with Crippen LogP contribution in [0.4, 0.5) is 0 Å². The number of nitrogens with one attached hydrogen (secondary N) is 2. The van der Waals surface area contributed by atoms with E-state index in [1.54, 1.807) is 0 Å². The highest BCUT2D eigenvalue weighted by atomic mass is 32.2. The zero-order chi connectivity index (χ0) is 18.3. The topological polar surface area (TPSA) is 77.0 Å². The average Bonchev–Trinajstić information content (AvgIpc) is 2.57. The van der Waals surface area contributed by atoms with Crippen LogP contribution in [-0.2, 0) is 9.84 Å². The van der Waals surface area contributed by atoms with E-state index < -0.39 is 9.84 Å². The fraction of sp³-hybridized carbons (Fsp3) is 0.941. The number of hydrogen-bond donors (Lipinski definition) is 2. The van der Waals surface area contributed by atoms with Crippen LogP contribution in [0.2, 0.25) is 0 Å². The Kier molecular flexibility index (Phi) is 7.96. The molecule has 0 aromatic rings. The van der Waals surface area contributed by atoms with Gasteiger partial charge >= 0.3 is 0 Å². The molecule has 0 aromatic heterocycles. The van der Waals surface area contributed by atoms with Gasteiger partial charge in [0, 0.05) is 51.4 Å². The molecule has 0 amide bonds. The summed E-state index contributed by atoms with van der Waals surface area (Å²) in [6, 6.07) is 1.10. The van der Waals surface area contributed by atoms with Gasteiger partial charge < -0.3 is 15.5 Å². The first kappa shape index (κ1) is 20.5. The second-order valence-corrected chi connectivity index (χ2v) is 9.61. The predicted molar refractivity (Wildman–Crippen MR) is 104 cm³/mol. The molecule has 0 unspecified atom stereocenters. The summed E-state index contributed by atoms with van der Waals surface area (Å²) < 4.78 is 22.9. The summed E-state index contributed by atoms with van der Waals surface area (Å²) in [7, 11) is -2.80. The Morgan fingerprint density at radius 3 is 2.36 bits per heavy atom. The van der Waals surface area contributed by atoms with Gasteiger partial charge in [-0.25, -0.2) is 8.42 Å². The molecule has 0 aliphatic carbocycles. The number of guanidine groups is 1. The molecule has 2 heterocycles. The molecule has 2 aliphatic heterocycles. The standard InChI is InChI=1S/C17H35N5O2S/c1-4-18-17(20-16-5-8-22(9-6-16)15(2)3)19-7-10-21-11-13-25(23,24)14-12-21/h15-16H,4-14H2,1-3H3,(H2,18,19,20). The highest BCUT2D eigenvalue weighted by molar-refractivity contribution is 7.91. The van der Waals surface area contributed by atoms with Gasteiger partial charge in [-0.2, -0.15) is 0 Å². The van der Waals surface area contributed by atoms with Crippen LogP contribution in [0, 0.1) is 0 Å². The van der Waals surface area contributed by atoms with Crippen molar-refractivity contribution in [3.63, 3.8) is 0 Å². The molecule has 2 N–H and O–H groups in total. The third-order valence-corrected chi connectivity index (χ3v) is 6.68. The van der Waals surface area contributed by atoms with E-state index in [1.807, 2.05) is 0 Å². The van der Waals surface area contributed by atoms with Gasteiger partial charge in [0.05, 0.1) is 18.1 Å². The molecule has 0 atom stereocenters. The Morgan fingerprint density at radius 1 is 1.16 bits per heavy atom. The Labute approximate surface area is 153 Å². The van der Waals surface area contributed by atoms with Crippen molar-refractivity contribution in [1.82, 2.24) is 20.4 Å². The predicted octanol–water partition coefficient (Wildman–Crippen LogP) is 0.145. The highest BCUT2D eigenvalue weighted by Crippen LogP contribution is 2.12. The molecule has 8 heteroatoms. The summed E-state index contributed by atoms with van der Waals surface area (Å²) in [6.07, 6.45) is 2.29. The van der Waals surface area contributed by atoms with Crippen LogP contribution in [0.15, 0.2) is 4.99 Å². The SMILES string of the molecule is CCNC(=NCCN1CCS(=O)(=O)CC1)NC1CCN(C(C)C)CC1. The van der Waals surface area contributed by atoms with E-state index in [2.05, 4.69) is 46.2 Å². The van der Waals surface area contributed by atoms with Crippen molar-refractivity contribution in [2.75, 3.05) is 57.3 Å². The summed E-state index contributed by atoms with van der Waals surface area (Å²) >= 11 is 0. The van der Waals surface area contributed by atoms with Crippen molar-refractivity contribution in [3.05, 3.63) is 0 Å². The van der Waals surface area contributed by atoms with Crippen LogP contribution >= 0.6 is 0 Å². The summed E-state index contributed by atoms with van der Waals surface area (Å²) in [4.78, 5) is 9.39. The van der Waals surface area contributed by atoms with Crippen LogP contribution in [0.5, 0.6) is 0 Å². The van der Waals surface area contributed by atoms with Gasteiger partial charge in [-0.1, -0.05) is 0 Å². The van der Waals surface area contributed by atoms with Crippen molar-refractivity contribution < 1.29 is 8.42 Å². The summed E-state index contributed by atoms with van der Waals surface area (Å²) in [5.41, 5.74) is 0. The molecular formula is C17H35N5O2S. The number of piperidine rings is 1. The fourth-order valence-corrected chi connectivity index (χ4v) is 4.63. The molecule has 25 heavy (non-hydrogen) atoms. The molecule has 0 bridgehead atoms. The van der Waals surface area contributed by atoms with E-state index in [0.29, 0.717) is 31.7 Å². The van der Waals surface area contributed by atoms with Gasteiger partial charge in [0.2, 0.25) is 0 Å². The Hall–Kier alpha value is -0.860. The maximum atomic E-state index is 11.5. The summed E-state index contributed by atoms with van der Waals surface area (Å²) in [5, 5.41) is 6.89. The van der Waals surface area contributed by atoms with Crippen molar-refractivity contribution in [3.8, 4) is 0 Å². The van der Waals surface area contributed by atoms with Crippen molar-refractivity contribution in [1.29, 1.82) is 0 Å². The monoisotopic (exact) mass is 373 g/mol. The van der Waals surface area contributed by atoms with E-state index in [1.165, 1.54) is 0 Å². The van der Waals surface area contributed by atoms with Crippen LogP contribution in [0.1, 0.15) is 33.6 Å². The van der Waals surface area contributed by atoms with Crippen molar-refractivity contribution in [2.24, 2.45) is 4.99 Å². The van der Waals surface area contributed by atoms with Crippen LogP contribution < -0.4 is 10.6 Å². The van der Waals surface area contributed by atoms with Crippen molar-refractivity contribution >= 4 is 15.8 Å². The average molecular weight is 374 g/mol. The van der Waals surface area contributed by atoms with Crippen LogP contribution in [0.3, 0.4) is 0 Å². The van der Waals surface area contributed by atoms with Gasteiger partial charge in [0.1, 0.15) is 0 Å². The molecule has 0 aromatic carbocycles. The molecule has 2 rings (SSSR count). The van der Waals surface area contributed by atoms with Crippen molar-refractivity contribution in [2.45, 2.75) is 45.7 Å². The minimum absolute atomic E-state index is 0.281. The Bertz CT molecular complexity index is 513. The van der Waals surface area contributed by atoms with E-state index >= 15 is 0 Å². The molecule has 146 valence electrons. The van der Waals surface area contributed by atoms with E-state index in [0.717, 1.165) is 45.0 Å². The third kappa shape index (κ3) is 7.11. The van der Waals surface area contributed by atoms with Gasteiger partial charge in [0.15, 0.2) is 15.8 Å². The zero-order valence-corrected chi connectivity index (χ0v) is 16.8. The van der Waals surface area contributed by atoms with E-state index in [-0.39, 0.29) is 11.5 Å². The number of rotatable bonds is 6. The fourth-order valence-electron chi connectivity index (χ4n) is 3.35. The molecule has 2 saturated heterocycles. The second kappa shape index (κ2) is 9.73. The molecule has 0 saturated carbocycles. The van der Waals surface area contributed by atoms with Gasteiger partial charge in [-0.15, -0.1) is 0 Å². The van der Waals surface area contributed by atoms with Crippen LogP contribution in [-0.4, -0.2) is 93.6 Å². The molecule has 2 aliphatic rings. The zero-order valence-electron chi connectivity index (χ0n) is 16.0. The van der Waals surface area contributed by atoms with Crippen LogP contribution in [0.25, 0.3) is 0 Å². The maximum absolute atomic E-state index is 11.5. The summed E-state index contributed by atoms with van der Waals surface area (Å²) in [5.74, 6) is 1.45. The first-order valence-electron chi connectivity index (χ1n) is 9.61. The van der Waals surface area contributed by atoms with E-state index in [4.69, 9.17) is 0 Å². The first-order chi connectivity index (χ1) is 11.9. The van der Waals surface area contributed by atoms with Gasteiger partial charge in [0.25, 0.3) is 0 Å². The lowest BCUT2D eigenvalue weighted by Crippen LogP contribution is -2.50. The van der Waals surface area contributed by atoms with E-state index in [9.17, 15) is 8.42 Å². The molecule has 0 spiro atoms. The smallest absolute Gasteiger partial charge is 0.191 e. The number of hydrogen-bond acceptors (Lipinski definition) is 5. The second-order valence-electron chi connectivity index (χ2n) is 7.30. The molecule has 2 fully saturated rings. The number of sulfone groups is 1. The largest absolute Gasteiger partial charge is 0.357 e. The Balaban J connectivity index is 1.75. The lowest BCUT2D eigenvalue weighted by atomic mass is 10.0. The quantitative estimate of drug-likeness (QED) is 0.510. The minimum atomic E-state index is -2.80. The number of likely N-dealkylation sites (tertiary alicyclic amines) is 1. The normalized spacial score (nSPS) is 23.8. The number of aliphatic imine (C=N–C) groups is 1. The lowest BCUT2D eigenvalue weighted by molar-refractivity contribution is 0.167. The first-order valence-corrected chi connectivity index (χ1v) is 11.4. The van der Waals surface area contributed by atoms with Gasteiger partial charge in [-0.3, -0.25) is 9.89 Å². The highest BCUT2D eigenvalue weighted by Gasteiger charge is 2.22. The lowest BCUT2D eigenvalue weighted by Gasteiger charge is -2.35. The Morgan fingerprint density at radius 2 is 1.80 bits per heavy atom. The summed E-state index contributed by atoms with van der Waals surface area (Å²) in [6.45, 7) is 12.5. The molecule has 0 radical (unpaired) electrons. The molecule has 7 nitrogen and oxygen atoms in total. The molecular weight excluding hydrogens is 338 g/mol.